The predicted octanol–water partition coefficient (Wildman–Crippen LogP) is 5.11. The van der Waals surface area contributed by atoms with Gasteiger partial charge in [-0.25, -0.2) is 9.37 Å². The van der Waals surface area contributed by atoms with Crippen LogP contribution in [-0.4, -0.2) is 22.6 Å². The molecule has 5 nitrogen and oxygen atoms in total. The molecule has 0 atom stereocenters. The maximum Gasteiger partial charge on any atom is 0.224 e. The Bertz CT molecular complexity index is 913. The molecule has 0 aliphatic heterocycles. The summed E-state index contributed by atoms with van der Waals surface area (Å²) in [6, 6.07) is 16.2. The summed E-state index contributed by atoms with van der Waals surface area (Å²) in [7, 11) is 0. The minimum atomic E-state index is -0.226. The van der Waals surface area contributed by atoms with E-state index in [0.29, 0.717) is 18.3 Å². The SMILES string of the molecule is Cc1cc(Nc2ccccc2OC(C)C)nc(NCCc2ccc(F)cc2)n1. The summed E-state index contributed by atoms with van der Waals surface area (Å²) in [5, 5.41) is 6.55. The monoisotopic (exact) mass is 380 g/mol. The third-order valence-corrected chi connectivity index (χ3v) is 3.98. The smallest absolute Gasteiger partial charge is 0.224 e. The molecule has 2 N–H and O–H groups in total. The van der Waals surface area contributed by atoms with Crippen LogP contribution in [0.2, 0.25) is 0 Å². The van der Waals surface area contributed by atoms with E-state index in [1.165, 1.54) is 12.1 Å². The van der Waals surface area contributed by atoms with Crippen LogP contribution in [0.5, 0.6) is 5.75 Å². The first-order valence-electron chi connectivity index (χ1n) is 9.36. The minimum Gasteiger partial charge on any atom is -0.489 e. The molecular formula is C22H25FN4O. The Labute approximate surface area is 165 Å². The molecular weight excluding hydrogens is 355 g/mol. The van der Waals surface area contributed by atoms with Crippen LogP contribution >= 0.6 is 0 Å². The molecule has 0 aliphatic rings. The van der Waals surface area contributed by atoms with Gasteiger partial charge in [0, 0.05) is 18.3 Å². The lowest BCUT2D eigenvalue weighted by Gasteiger charge is -2.15. The number of anilines is 3. The molecule has 0 fully saturated rings. The molecule has 28 heavy (non-hydrogen) atoms. The number of aromatic nitrogens is 2. The van der Waals surface area contributed by atoms with E-state index in [1.54, 1.807) is 12.1 Å². The Morgan fingerprint density at radius 3 is 2.54 bits per heavy atom. The van der Waals surface area contributed by atoms with Crippen molar-refractivity contribution in [1.29, 1.82) is 0 Å². The zero-order chi connectivity index (χ0) is 19.9. The van der Waals surface area contributed by atoms with E-state index in [2.05, 4.69) is 20.6 Å². The Morgan fingerprint density at radius 1 is 1.04 bits per heavy atom. The van der Waals surface area contributed by atoms with E-state index in [0.717, 1.165) is 29.1 Å². The van der Waals surface area contributed by atoms with Gasteiger partial charge in [0.15, 0.2) is 0 Å². The van der Waals surface area contributed by atoms with Crippen LogP contribution in [0.15, 0.2) is 54.6 Å². The van der Waals surface area contributed by atoms with Crippen LogP contribution in [0.25, 0.3) is 0 Å². The minimum absolute atomic E-state index is 0.0822. The van der Waals surface area contributed by atoms with Crippen LogP contribution in [0.4, 0.5) is 21.8 Å². The standard InChI is InChI=1S/C22H25FN4O/c1-15(2)28-20-7-5-4-6-19(20)26-21-14-16(3)25-22(27-21)24-13-12-17-8-10-18(23)11-9-17/h4-11,14-15H,12-13H2,1-3H3,(H2,24,25,26,27). The molecule has 0 aliphatic carbocycles. The van der Waals surface area contributed by atoms with Gasteiger partial charge in [-0.05, 0) is 57.0 Å². The van der Waals surface area contributed by atoms with Gasteiger partial charge in [-0.1, -0.05) is 24.3 Å². The highest BCUT2D eigenvalue weighted by Crippen LogP contribution is 2.28. The van der Waals surface area contributed by atoms with E-state index in [4.69, 9.17) is 4.74 Å². The molecule has 1 aromatic heterocycles. The van der Waals surface area contributed by atoms with Crippen LogP contribution in [0.3, 0.4) is 0 Å². The lowest BCUT2D eigenvalue weighted by atomic mass is 10.1. The highest BCUT2D eigenvalue weighted by molar-refractivity contribution is 5.64. The number of hydrogen-bond donors (Lipinski definition) is 2. The average Bonchev–Trinajstić information content (AvgIpc) is 2.64. The molecule has 2 aromatic carbocycles. The van der Waals surface area contributed by atoms with Gasteiger partial charge in [-0.2, -0.15) is 4.98 Å². The lowest BCUT2D eigenvalue weighted by Crippen LogP contribution is -2.10. The maximum atomic E-state index is 13.0. The predicted molar refractivity (Wildman–Crippen MR) is 111 cm³/mol. The van der Waals surface area contributed by atoms with Gasteiger partial charge in [0.2, 0.25) is 5.95 Å². The first kappa shape index (κ1) is 19.6. The maximum absolute atomic E-state index is 13.0. The number of benzene rings is 2. The van der Waals surface area contributed by atoms with Crippen molar-refractivity contribution in [2.75, 3.05) is 17.2 Å². The normalized spacial score (nSPS) is 10.8. The lowest BCUT2D eigenvalue weighted by molar-refractivity contribution is 0.244. The number of aryl methyl sites for hydroxylation is 1. The molecule has 0 amide bonds. The fourth-order valence-corrected chi connectivity index (χ4v) is 2.75. The van der Waals surface area contributed by atoms with Gasteiger partial charge in [0.05, 0.1) is 11.8 Å². The third kappa shape index (κ3) is 5.67. The number of hydrogen-bond acceptors (Lipinski definition) is 5. The van der Waals surface area contributed by atoms with E-state index < -0.39 is 0 Å². The second-order valence-corrected chi connectivity index (χ2v) is 6.81. The molecule has 0 saturated heterocycles. The van der Waals surface area contributed by atoms with Crippen molar-refractivity contribution in [2.45, 2.75) is 33.3 Å². The fraction of sp³-hybridized carbons (Fsp3) is 0.273. The average molecular weight is 380 g/mol. The number of rotatable bonds is 8. The molecule has 0 spiro atoms. The van der Waals surface area contributed by atoms with Gasteiger partial charge < -0.3 is 15.4 Å². The number of halogens is 1. The molecule has 0 saturated carbocycles. The second-order valence-electron chi connectivity index (χ2n) is 6.81. The van der Waals surface area contributed by atoms with Gasteiger partial charge in [-0.3, -0.25) is 0 Å². The van der Waals surface area contributed by atoms with E-state index in [1.807, 2.05) is 51.1 Å². The van der Waals surface area contributed by atoms with Crippen molar-refractivity contribution in [3.63, 3.8) is 0 Å². The van der Waals surface area contributed by atoms with E-state index in [9.17, 15) is 4.39 Å². The molecule has 6 heteroatoms. The Balaban J connectivity index is 1.67. The van der Waals surface area contributed by atoms with Crippen LogP contribution in [0.1, 0.15) is 25.1 Å². The molecule has 0 bridgehead atoms. The largest absolute Gasteiger partial charge is 0.489 e. The summed E-state index contributed by atoms with van der Waals surface area (Å²) in [4.78, 5) is 8.98. The highest BCUT2D eigenvalue weighted by atomic mass is 19.1. The molecule has 3 aromatic rings. The summed E-state index contributed by atoms with van der Waals surface area (Å²) in [5.74, 6) is 1.79. The topological polar surface area (TPSA) is 59.1 Å². The van der Waals surface area contributed by atoms with Gasteiger partial charge in [-0.15, -0.1) is 0 Å². The summed E-state index contributed by atoms with van der Waals surface area (Å²) in [6.45, 7) is 6.57. The van der Waals surface area contributed by atoms with E-state index in [-0.39, 0.29) is 11.9 Å². The van der Waals surface area contributed by atoms with Crippen LogP contribution in [-0.2, 0) is 6.42 Å². The second kappa shape index (κ2) is 9.17. The first-order chi connectivity index (χ1) is 13.5. The van der Waals surface area contributed by atoms with E-state index >= 15 is 0 Å². The fourth-order valence-electron chi connectivity index (χ4n) is 2.75. The highest BCUT2D eigenvalue weighted by Gasteiger charge is 2.08. The summed E-state index contributed by atoms with van der Waals surface area (Å²) in [6.07, 6.45) is 0.838. The first-order valence-corrected chi connectivity index (χ1v) is 9.36. The third-order valence-electron chi connectivity index (χ3n) is 3.98. The summed E-state index contributed by atoms with van der Waals surface area (Å²) in [5.41, 5.74) is 2.76. The zero-order valence-electron chi connectivity index (χ0n) is 16.4. The molecule has 0 unspecified atom stereocenters. The Morgan fingerprint density at radius 2 is 1.79 bits per heavy atom. The summed E-state index contributed by atoms with van der Waals surface area (Å²) >= 11 is 0. The number of nitrogens with zero attached hydrogens (tertiary/aromatic N) is 2. The number of para-hydroxylation sites is 2. The van der Waals surface area contributed by atoms with Crippen LogP contribution in [0, 0.1) is 12.7 Å². The van der Waals surface area contributed by atoms with Gasteiger partial charge in [0.1, 0.15) is 17.4 Å². The van der Waals surface area contributed by atoms with Crippen molar-refractivity contribution in [1.82, 2.24) is 9.97 Å². The van der Waals surface area contributed by atoms with Crippen molar-refractivity contribution in [3.8, 4) is 5.75 Å². The number of nitrogens with one attached hydrogen (secondary N) is 2. The van der Waals surface area contributed by atoms with Crippen molar-refractivity contribution in [3.05, 3.63) is 71.7 Å². The molecule has 0 radical (unpaired) electrons. The van der Waals surface area contributed by atoms with Crippen LogP contribution < -0.4 is 15.4 Å². The molecule has 3 rings (SSSR count). The Hall–Kier alpha value is -3.15. The molecule has 146 valence electrons. The van der Waals surface area contributed by atoms with Crippen molar-refractivity contribution >= 4 is 17.5 Å². The van der Waals surface area contributed by atoms with Gasteiger partial charge >= 0.3 is 0 Å². The van der Waals surface area contributed by atoms with Crippen molar-refractivity contribution < 1.29 is 9.13 Å². The quantitative estimate of drug-likeness (QED) is 0.569. The molecule has 1 heterocycles. The zero-order valence-corrected chi connectivity index (χ0v) is 16.4. The Kier molecular flexibility index (Phi) is 6.42. The van der Waals surface area contributed by atoms with Crippen molar-refractivity contribution in [2.24, 2.45) is 0 Å². The number of ether oxygens (including phenoxy) is 1. The summed E-state index contributed by atoms with van der Waals surface area (Å²) < 4.78 is 18.8. The van der Waals surface area contributed by atoms with Gasteiger partial charge in [0.25, 0.3) is 0 Å².